The number of aryl methyl sites for hydroxylation is 1. The number of aromatic nitrogens is 2. The van der Waals surface area contributed by atoms with Crippen LogP contribution in [-0.2, 0) is 0 Å². The highest BCUT2D eigenvalue weighted by molar-refractivity contribution is 5.80. The predicted molar refractivity (Wildman–Crippen MR) is 76.6 cm³/mol. The van der Waals surface area contributed by atoms with Crippen LogP contribution in [0.4, 0.5) is 0 Å². The van der Waals surface area contributed by atoms with E-state index in [1.165, 1.54) is 24.3 Å². The highest BCUT2D eigenvalue weighted by Gasteiger charge is 2.10. The van der Waals surface area contributed by atoms with Gasteiger partial charge in [0.2, 0.25) is 0 Å². The third-order valence-corrected chi connectivity index (χ3v) is 3.25. The van der Waals surface area contributed by atoms with Crippen molar-refractivity contribution in [3.8, 4) is 11.4 Å². The molecule has 0 atom stereocenters. The van der Waals surface area contributed by atoms with Gasteiger partial charge in [-0.1, -0.05) is 12.1 Å². The van der Waals surface area contributed by atoms with E-state index >= 15 is 0 Å². The molecule has 0 radical (unpaired) electrons. The number of para-hydroxylation sites is 1. The molecule has 2 N–H and O–H groups in total. The van der Waals surface area contributed by atoms with Gasteiger partial charge in [-0.2, -0.15) is 0 Å². The topological polar surface area (TPSA) is 75.1 Å². The van der Waals surface area contributed by atoms with Crippen molar-refractivity contribution in [3.05, 3.63) is 68.9 Å². The molecule has 0 aliphatic rings. The van der Waals surface area contributed by atoms with Crippen molar-refractivity contribution >= 4 is 10.9 Å². The minimum absolute atomic E-state index is 0.0786. The molecule has 0 aliphatic heterocycles. The Morgan fingerprint density at radius 3 is 2.45 bits per heavy atom. The molecule has 2 aromatic carbocycles. The number of hydrogen-bond acceptors (Lipinski definition) is 3. The number of nitrogens with zero attached hydrogens (tertiary/aromatic N) is 1. The van der Waals surface area contributed by atoms with Gasteiger partial charge >= 0.3 is 5.69 Å². The molecule has 1 aromatic heterocycles. The molecule has 0 amide bonds. The van der Waals surface area contributed by atoms with Crippen LogP contribution in [0.1, 0.15) is 5.56 Å². The molecule has 0 aliphatic carbocycles. The summed E-state index contributed by atoms with van der Waals surface area (Å²) in [5.41, 5.74) is 0.935. The number of rotatable bonds is 1. The molecule has 3 rings (SSSR count). The largest absolute Gasteiger partial charge is 0.508 e. The molecule has 3 aromatic rings. The Labute approximate surface area is 113 Å². The number of phenols is 1. The lowest BCUT2D eigenvalue weighted by atomic mass is 10.1. The molecule has 1 heterocycles. The zero-order valence-corrected chi connectivity index (χ0v) is 10.8. The van der Waals surface area contributed by atoms with Gasteiger partial charge in [0.1, 0.15) is 5.75 Å². The Kier molecular flexibility index (Phi) is 2.68. The third-order valence-electron chi connectivity index (χ3n) is 3.25. The van der Waals surface area contributed by atoms with Crippen LogP contribution in [0.25, 0.3) is 16.6 Å². The molecule has 100 valence electrons. The summed E-state index contributed by atoms with van der Waals surface area (Å²) in [5.74, 6) is 0.0786. The zero-order chi connectivity index (χ0) is 14.3. The van der Waals surface area contributed by atoms with Gasteiger partial charge in [0, 0.05) is 0 Å². The highest BCUT2D eigenvalue weighted by Crippen LogP contribution is 2.13. The van der Waals surface area contributed by atoms with Gasteiger partial charge < -0.3 is 10.1 Å². The molecule has 0 saturated heterocycles. The van der Waals surface area contributed by atoms with E-state index < -0.39 is 5.69 Å². The minimum atomic E-state index is -0.498. The Morgan fingerprint density at radius 2 is 1.75 bits per heavy atom. The van der Waals surface area contributed by atoms with Crippen molar-refractivity contribution in [1.29, 1.82) is 0 Å². The van der Waals surface area contributed by atoms with Crippen molar-refractivity contribution in [1.82, 2.24) is 9.55 Å². The maximum absolute atomic E-state index is 12.5. The summed E-state index contributed by atoms with van der Waals surface area (Å²) in [6, 6.07) is 11.2. The normalized spacial score (nSPS) is 10.8. The van der Waals surface area contributed by atoms with Crippen molar-refractivity contribution in [2.24, 2.45) is 0 Å². The van der Waals surface area contributed by atoms with Gasteiger partial charge in [0.05, 0.1) is 16.6 Å². The van der Waals surface area contributed by atoms with Crippen LogP contribution in [0.2, 0.25) is 0 Å². The summed E-state index contributed by atoms with van der Waals surface area (Å²) in [7, 11) is 0. The lowest BCUT2D eigenvalue weighted by Crippen LogP contribution is -2.33. The molecule has 20 heavy (non-hydrogen) atoms. The van der Waals surface area contributed by atoms with E-state index in [9.17, 15) is 14.7 Å². The average Bonchev–Trinajstić information content (AvgIpc) is 2.42. The van der Waals surface area contributed by atoms with Gasteiger partial charge in [-0.3, -0.25) is 4.79 Å². The van der Waals surface area contributed by atoms with Crippen LogP contribution in [0.3, 0.4) is 0 Å². The van der Waals surface area contributed by atoms with Crippen LogP contribution in [0, 0.1) is 6.92 Å². The first-order valence-corrected chi connectivity index (χ1v) is 6.12. The second-order valence-corrected chi connectivity index (χ2v) is 4.58. The van der Waals surface area contributed by atoms with Gasteiger partial charge in [0.15, 0.2) is 0 Å². The van der Waals surface area contributed by atoms with Crippen LogP contribution in [0.15, 0.2) is 52.1 Å². The molecule has 5 nitrogen and oxygen atoms in total. The van der Waals surface area contributed by atoms with Crippen LogP contribution < -0.4 is 11.2 Å². The second kappa shape index (κ2) is 4.38. The number of aromatic amines is 1. The van der Waals surface area contributed by atoms with Gasteiger partial charge in [-0.25, -0.2) is 9.36 Å². The van der Waals surface area contributed by atoms with Crippen LogP contribution in [-0.4, -0.2) is 14.7 Å². The third kappa shape index (κ3) is 1.80. The standard InChI is InChI=1S/C15H12N2O3/c1-9-3-2-4-12-13(9)16-15(20)17(14(12)19)10-5-7-11(18)8-6-10/h2-8,18H,1H3,(H,16,20). The second-order valence-electron chi connectivity index (χ2n) is 4.58. The average molecular weight is 268 g/mol. The van der Waals surface area contributed by atoms with Crippen LogP contribution >= 0.6 is 0 Å². The molecule has 0 spiro atoms. The summed E-state index contributed by atoms with van der Waals surface area (Å²) in [5, 5.41) is 9.73. The molecule has 0 fully saturated rings. The molecule has 5 heteroatoms. The maximum Gasteiger partial charge on any atom is 0.333 e. The minimum Gasteiger partial charge on any atom is -0.508 e. The summed E-state index contributed by atoms with van der Waals surface area (Å²) in [4.78, 5) is 27.3. The lowest BCUT2D eigenvalue weighted by molar-refractivity contribution is 0.475. The molecular formula is C15H12N2O3. The Hall–Kier alpha value is -2.82. The van der Waals surface area contributed by atoms with Gasteiger partial charge in [-0.05, 0) is 42.8 Å². The Morgan fingerprint density at radius 1 is 1.05 bits per heavy atom. The number of H-pyrrole nitrogens is 1. The predicted octanol–water partition coefficient (Wildman–Crippen LogP) is 1.69. The van der Waals surface area contributed by atoms with Crippen molar-refractivity contribution in [3.63, 3.8) is 0 Å². The molecular weight excluding hydrogens is 256 g/mol. The van der Waals surface area contributed by atoms with E-state index in [2.05, 4.69) is 4.98 Å². The summed E-state index contributed by atoms with van der Waals surface area (Å²) >= 11 is 0. The Bertz CT molecular complexity index is 905. The highest BCUT2D eigenvalue weighted by atomic mass is 16.3. The van der Waals surface area contributed by atoms with Gasteiger partial charge in [-0.15, -0.1) is 0 Å². The SMILES string of the molecule is Cc1cccc2c(=O)n(-c3ccc(O)cc3)c(=O)[nH]c12. The van der Waals surface area contributed by atoms with E-state index in [-0.39, 0.29) is 11.3 Å². The van der Waals surface area contributed by atoms with E-state index in [1.807, 2.05) is 13.0 Å². The maximum atomic E-state index is 12.5. The molecule has 0 saturated carbocycles. The summed E-state index contributed by atoms with van der Waals surface area (Å²) < 4.78 is 1.06. The van der Waals surface area contributed by atoms with Crippen molar-refractivity contribution in [2.75, 3.05) is 0 Å². The van der Waals surface area contributed by atoms with E-state index in [0.717, 1.165) is 10.1 Å². The number of fused-ring (bicyclic) bond motifs is 1. The van der Waals surface area contributed by atoms with E-state index in [1.54, 1.807) is 12.1 Å². The van der Waals surface area contributed by atoms with Gasteiger partial charge in [0.25, 0.3) is 5.56 Å². The van der Waals surface area contributed by atoms with E-state index in [4.69, 9.17) is 0 Å². The molecule has 0 unspecified atom stereocenters. The monoisotopic (exact) mass is 268 g/mol. The Balaban J connectivity index is 2.41. The van der Waals surface area contributed by atoms with Crippen LogP contribution in [0.5, 0.6) is 5.75 Å². The zero-order valence-electron chi connectivity index (χ0n) is 10.8. The number of hydrogen-bond donors (Lipinski definition) is 2. The molecule has 0 bridgehead atoms. The fraction of sp³-hybridized carbons (Fsp3) is 0.0667. The first kappa shape index (κ1) is 12.2. The van der Waals surface area contributed by atoms with Crippen molar-refractivity contribution in [2.45, 2.75) is 6.92 Å². The number of benzene rings is 2. The summed E-state index contributed by atoms with van der Waals surface area (Å²) in [6.07, 6.45) is 0. The summed E-state index contributed by atoms with van der Waals surface area (Å²) in [6.45, 7) is 1.84. The first-order chi connectivity index (χ1) is 9.58. The fourth-order valence-electron chi connectivity index (χ4n) is 2.22. The smallest absolute Gasteiger partial charge is 0.333 e. The van der Waals surface area contributed by atoms with E-state index in [0.29, 0.717) is 16.6 Å². The first-order valence-electron chi connectivity index (χ1n) is 6.12. The van der Waals surface area contributed by atoms with Crippen molar-refractivity contribution < 1.29 is 5.11 Å². The lowest BCUT2D eigenvalue weighted by Gasteiger charge is -2.07. The number of phenolic OH excluding ortho intramolecular Hbond substituents is 1. The fourth-order valence-corrected chi connectivity index (χ4v) is 2.22. The number of nitrogens with one attached hydrogen (secondary N) is 1. The quantitative estimate of drug-likeness (QED) is 0.705. The number of aromatic hydroxyl groups is 1.